The van der Waals surface area contributed by atoms with Crippen LogP contribution in [0.15, 0.2) is 30.3 Å². The van der Waals surface area contributed by atoms with Gasteiger partial charge in [0.1, 0.15) is 24.4 Å². The third-order valence-corrected chi connectivity index (χ3v) is 3.69. The minimum Gasteiger partial charge on any atom is -0.388 e. The Labute approximate surface area is 111 Å². The molecule has 6 atom stereocenters. The van der Waals surface area contributed by atoms with Gasteiger partial charge in [-0.15, -0.1) is 0 Å². The predicted octanol–water partition coefficient (Wildman–Crippen LogP) is 0.610. The van der Waals surface area contributed by atoms with Crippen LogP contribution in [-0.4, -0.2) is 47.3 Å². The third-order valence-electron chi connectivity index (χ3n) is 3.69. The van der Waals surface area contributed by atoms with Crippen LogP contribution in [0.3, 0.4) is 0 Å². The molecule has 0 radical (unpaired) electrons. The van der Waals surface area contributed by atoms with Crippen LogP contribution < -0.4 is 0 Å². The van der Waals surface area contributed by atoms with Gasteiger partial charge in [0.05, 0.1) is 12.7 Å². The molecule has 0 aliphatic carbocycles. The first-order chi connectivity index (χ1) is 9.16. The predicted molar refractivity (Wildman–Crippen MR) is 66.4 cm³/mol. The Hall–Kier alpha value is -0.980. The summed E-state index contributed by atoms with van der Waals surface area (Å²) >= 11 is 0. The van der Waals surface area contributed by atoms with Crippen LogP contribution in [0.25, 0.3) is 0 Å². The summed E-state index contributed by atoms with van der Waals surface area (Å²) in [5.41, 5.74) is 0.890. The Morgan fingerprint density at radius 3 is 2.53 bits per heavy atom. The van der Waals surface area contributed by atoms with E-state index in [4.69, 9.17) is 14.2 Å². The lowest BCUT2D eigenvalue weighted by Gasteiger charge is -2.45. The van der Waals surface area contributed by atoms with E-state index in [1.165, 1.54) is 0 Å². The highest BCUT2D eigenvalue weighted by Crippen LogP contribution is 2.33. The van der Waals surface area contributed by atoms with E-state index in [1.807, 2.05) is 30.3 Å². The van der Waals surface area contributed by atoms with Crippen LogP contribution in [0.2, 0.25) is 0 Å². The van der Waals surface area contributed by atoms with Gasteiger partial charge >= 0.3 is 0 Å². The summed E-state index contributed by atoms with van der Waals surface area (Å²) in [6.07, 6.45) is -3.74. The molecule has 0 amide bonds. The standard InChI is InChI=1S/C14H18O5/c1-8-11(15)12(16)13-10(18-8)7-17-14(19-13)9-5-3-2-4-6-9/h2-6,8,10-16H,7H2,1H3/t8-,10?,11?,12?,13-,14?/m0/s1. The average molecular weight is 266 g/mol. The number of hydrogen-bond donors (Lipinski definition) is 2. The fourth-order valence-electron chi connectivity index (χ4n) is 2.58. The van der Waals surface area contributed by atoms with Crippen LogP contribution in [0.5, 0.6) is 0 Å². The first-order valence-electron chi connectivity index (χ1n) is 6.50. The van der Waals surface area contributed by atoms with Gasteiger partial charge in [-0.2, -0.15) is 0 Å². The molecular formula is C14H18O5. The van der Waals surface area contributed by atoms with Gasteiger partial charge in [-0.05, 0) is 6.92 Å². The summed E-state index contributed by atoms with van der Waals surface area (Å²) < 4.78 is 17.0. The summed E-state index contributed by atoms with van der Waals surface area (Å²) in [5, 5.41) is 19.9. The second kappa shape index (κ2) is 5.19. The number of aliphatic hydroxyl groups is 2. The number of benzene rings is 1. The van der Waals surface area contributed by atoms with E-state index in [0.717, 1.165) is 5.56 Å². The van der Waals surface area contributed by atoms with Crippen molar-refractivity contribution in [1.82, 2.24) is 0 Å². The third kappa shape index (κ3) is 2.40. The van der Waals surface area contributed by atoms with Gasteiger partial charge in [-0.25, -0.2) is 0 Å². The molecule has 5 heteroatoms. The normalized spacial score (nSPS) is 42.7. The van der Waals surface area contributed by atoms with Crippen molar-refractivity contribution >= 4 is 0 Å². The molecule has 1 aromatic rings. The lowest BCUT2D eigenvalue weighted by atomic mass is 9.95. The smallest absolute Gasteiger partial charge is 0.184 e. The fourth-order valence-corrected chi connectivity index (χ4v) is 2.58. The van der Waals surface area contributed by atoms with Crippen molar-refractivity contribution in [1.29, 1.82) is 0 Å². The van der Waals surface area contributed by atoms with Crippen LogP contribution in [0.4, 0.5) is 0 Å². The van der Waals surface area contributed by atoms with Gasteiger partial charge in [0, 0.05) is 5.56 Å². The zero-order valence-electron chi connectivity index (χ0n) is 10.7. The molecule has 2 saturated heterocycles. The molecule has 2 aliphatic rings. The quantitative estimate of drug-likeness (QED) is 0.779. The van der Waals surface area contributed by atoms with Gasteiger partial charge in [0.2, 0.25) is 0 Å². The Balaban J connectivity index is 1.75. The molecule has 1 aromatic carbocycles. The summed E-state index contributed by atoms with van der Waals surface area (Å²) in [4.78, 5) is 0. The largest absolute Gasteiger partial charge is 0.388 e. The Bertz CT molecular complexity index is 421. The topological polar surface area (TPSA) is 68.2 Å². The number of hydrogen-bond acceptors (Lipinski definition) is 5. The SMILES string of the molecule is C[C@@H]1OC2COC(c3ccccc3)O[C@@H]2C(O)C1O. The zero-order chi connectivity index (χ0) is 13.4. The molecule has 2 aliphatic heterocycles. The van der Waals surface area contributed by atoms with E-state index in [-0.39, 0.29) is 6.10 Å². The molecular weight excluding hydrogens is 248 g/mol. The Morgan fingerprint density at radius 1 is 1.05 bits per heavy atom. The average Bonchev–Trinajstić information content (AvgIpc) is 2.46. The van der Waals surface area contributed by atoms with Crippen molar-refractivity contribution in [3.8, 4) is 0 Å². The maximum absolute atomic E-state index is 10.1. The highest BCUT2D eigenvalue weighted by atomic mass is 16.7. The lowest BCUT2D eigenvalue weighted by molar-refractivity contribution is -0.326. The number of rotatable bonds is 1. The second-order valence-electron chi connectivity index (χ2n) is 5.04. The summed E-state index contributed by atoms with van der Waals surface area (Å²) in [5.74, 6) is 0. The number of aliphatic hydroxyl groups excluding tert-OH is 2. The summed E-state index contributed by atoms with van der Waals surface area (Å²) in [7, 11) is 0. The second-order valence-corrected chi connectivity index (χ2v) is 5.04. The highest BCUT2D eigenvalue weighted by Gasteiger charge is 2.47. The van der Waals surface area contributed by atoms with Crippen molar-refractivity contribution in [2.75, 3.05) is 6.61 Å². The maximum atomic E-state index is 10.1. The van der Waals surface area contributed by atoms with E-state index in [0.29, 0.717) is 6.61 Å². The molecule has 104 valence electrons. The molecule has 0 spiro atoms. The zero-order valence-corrected chi connectivity index (χ0v) is 10.7. The molecule has 4 unspecified atom stereocenters. The van der Waals surface area contributed by atoms with Gasteiger partial charge in [0.25, 0.3) is 0 Å². The maximum Gasteiger partial charge on any atom is 0.184 e. The van der Waals surface area contributed by atoms with Crippen molar-refractivity contribution in [3.63, 3.8) is 0 Å². The fraction of sp³-hybridized carbons (Fsp3) is 0.571. The van der Waals surface area contributed by atoms with Crippen LogP contribution in [0, 0.1) is 0 Å². The molecule has 2 fully saturated rings. The molecule has 3 rings (SSSR count). The van der Waals surface area contributed by atoms with E-state index in [2.05, 4.69) is 0 Å². The van der Waals surface area contributed by atoms with Gasteiger partial charge in [0.15, 0.2) is 6.29 Å². The van der Waals surface area contributed by atoms with Crippen molar-refractivity contribution in [2.45, 2.75) is 43.7 Å². The lowest BCUT2D eigenvalue weighted by Crippen LogP contribution is -2.60. The molecule has 2 N–H and O–H groups in total. The molecule has 0 saturated carbocycles. The molecule has 5 nitrogen and oxygen atoms in total. The molecule has 2 heterocycles. The molecule has 0 aromatic heterocycles. The minimum atomic E-state index is -0.955. The van der Waals surface area contributed by atoms with Crippen molar-refractivity contribution < 1.29 is 24.4 Å². The molecule has 19 heavy (non-hydrogen) atoms. The van der Waals surface area contributed by atoms with E-state index in [1.54, 1.807) is 6.92 Å². The van der Waals surface area contributed by atoms with Gasteiger partial charge in [-0.1, -0.05) is 30.3 Å². The van der Waals surface area contributed by atoms with Crippen LogP contribution in [0.1, 0.15) is 18.8 Å². The Morgan fingerprint density at radius 2 is 1.79 bits per heavy atom. The van der Waals surface area contributed by atoms with Crippen LogP contribution >= 0.6 is 0 Å². The van der Waals surface area contributed by atoms with Crippen LogP contribution in [-0.2, 0) is 14.2 Å². The van der Waals surface area contributed by atoms with E-state index >= 15 is 0 Å². The van der Waals surface area contributed by atoms with Crippen molar-refractivity contribution in [3.05, 3.63) is 35.9 Å². The number of fused-ring (bicyclic) bond motifs is 1. The summed E-state index contributed by atoms with van der Waals surface area (Å²) in [6, 6.07) is 9.52. The van der Waals surface area contributed by atoms with Crippen molar-refractivity contribution in [2.24, 2.45) is 0 Å². The summed E-state index contributed by atoms with van der Waals surface area (Å²) in [6.45, 7) is 2.08. The molecule has 0 bridgehead atoms. The number of ether oxygens (including phenoxy) is 3. The van der Waals surface area contributed by atoms with Gasteiger partial charge in [-0.3, -0.25) is 0 Å². The first kappa shape index (κ1) is 13.0. The first-order valence-corrected chi connectivity index (χ1v) is 6.50. The highest BCUT2D eigenvalue weighted by molar-refractivity contribution is 5.16. The monoisotopic (exact) mass is 266 g/mol. The van der Waals surface area contributed by atoms with Gasteiger partial charge < -0.3 is 24.4 Å². The van der Waals surface area contributed by atoms with E-state index in [9.17, 15) is 10.2 Å². The van der Waals surface area contributed by atoms with E-state index < -0.39 is 30.7 Å². The Kier molecular flexibility index (Phi) is 3.56. The minimum absolute atomic E-state index is 0.339.